The van der Waals surface area contributed by atoms with E-state index < -0.39 is 0 Å². The Bertz CT molecular complexity index is 507. The molecule has 2 rings (SSSR count). The van der Waals surface area contributed by atoms with Crippen molar-refractivity contribution in [3.8, 4) is 0 Å². The van der Waals surface area contributed by atoms with Crippen molar-refractivity contribution in [1.29, 1.82) is 0 Å². The van der Waals surface area contributed by atoms with Crippen molar-refractivity contribution >= 4 is 11.5 Å². The van der Waals surface area contributed by atoms with Gasteiger partial charge in [0.1, 0.15) is 12.1 Å². The van der Waals surface area contributed by atoms with E-state index in [-0.39, 0.29) is 6.04 Å². The molecular weight excluding hydrogens is 228 g/mol. The van der Waals surface area contributed by atoms with Gasteiger partial charge in [-0.1, -0.05) is 0 Å². The van der Waals surface area contributed by atoms with Gasteiger partial charge in [-0.2, -0.15) is 0 Å². The van der Waals surface area contributed by atoms with E-state index in [1.807, 2.05) is 30.7 Å². The topological polar surface area (TPSA) is 67.7 Å². The average molecular weight is 246 g/mol. The molecule has 2 heterocycles. The molecule has 0 aliphatic heterocycles. The second-order valence-electron chi connectivity index (χ2n) is 4.13. The lowest BCUT2D eigenvalue weighted by Crippen LogP contribution is -2.12. The number of nitrogens with one attached hydrogen (secondary N) is 2. The van der Waals surface area contributed by atoms with Gasteiger partial charge in [0.15, 0.2) is 5.82 Å². The third-order valence-electron chi connectivity index (χ3n) is 2.63. The van der Waals surface area contributed by atoms with E-state index >= 15 is 0 Å². The highest BCUT2D eigenvalue weighted by molar-refractivity contribution is 5.52. The summed E-state index contributed by atoms with van der Waals surface area (Å²) in [5, 5.41) is 14.5. The summed E-state index contributed by atoms with van der Waals surface area (Å²) in [5.41, 5.74) is 1.01. The molecule has 0 spiro atoms. The number of hydrogen-bond donors (Lipinski definition) is 2. The molecule has 2 N–H and O–H groups in total. The van der Waals surface area contributed by atoms with E-state index in [1.54, 1.807) is 12.5 Å². The van der Waals surface area contributed by atoms with Crippen molar-refractivity contribution < 1.29 is 0 Å². The minimum atomic E-state index is 0.0920. The van der Waals surface area contributed by atoms with Gasteiger partial charge in [-0.25, -0.2) is 4.98 Å². The maximum absolute atomic E-state index is 4.23. The van der Waals surface area contributed by atoms with Crippen LogP contribution in [0.25, 0.3) is 0 Å². The van der Waals surface area contributed by atoms with Crippen LogP contribution in [0.1, 0.15) is 25.7 Å². The summed E-state index contributed by atoms with van der Waals surface area (Å²) in [7, 11) is 1.93. The fraction of sp³-hybridized carbons (Fsp3) is 0.417. The molecule has 0 saturated heterocycles. The molecule has 6 nitrogen and oxygen atoms in total. The molecular formula is C12H18N6. The molecule has 0 aliphatic rings. The van der Waals surface area contributed by atoms with Crippen molar-refractivity contribution in [3.63, 3.8) is 0 Å². The first-order chi connectivity index (χ1) is 8.70. The van der Waals surface area contributed by atoms with Gasteiger partial charge >= 0.3 is 0 Å². The highest BCUT2D eigenvalue weighted by atomic mass is 15.3. The largest absolute Gasteiger partial charge is 0.375 e. The van der Waals surface area contributed by atoms with Crippen LogP contribution in [0.4, 0.5) is 11.5 Å². The third kappa shape index (κ3) is 2.77. The number of rotatable bonds is 5. The lowest BCUT2D eigenvalue weighted by molar-refractivity contribution is 0.719. The molecule has 0 bridgehead atoms. The molecule has 1 atom stereocenters. The Hall–Kier alpha value is -2.11. The normalized spacial score (nSPS) is 12.2. The van der Waals surface area contributed by atoms with Gasteiger partial charge in [0.25, 0.3) is 0 Å². The monoisotopic (exact) mass is 246 g/mol. The molecule has 96 valence electrons. The van der Waals surface area contributed by atoms with Gasteiger partial charge in [-0.05, 0) is 19.9 Å². The minimum Gasteiger partial charge on any atom is -0.375 e. The summed E-state index contributed by atoms with van der Waals surface area (Å²) < 4.78 is 1.91. The van der Waals surface area contributed by atoms with Crippen LogP contribution in [-0.4, -0.2) is 26.3 Å². The Balaban J connectivity index is 2.09. The lowest BCUT2D eigenvalue weighted by atomic mass is 10.3. The Morgan fingerprint density at radius 3 is 2.94 bits per heavy atom. The highest BCUT2D eigenvalue weighted by Gasteiger charge is 2.11. The number of hydrogen-bond acceptors (Lipinski definition) is 5. The lowest BCUT2D eigenvalue weighted by Gasteiger charge is -2.14. The van der Waals surface area contributed by atoms with E-state index in [4.69, 9.17) is 0 Å². The SMILES string of the molecule is CCNc1cc(NC(C)c2nncn2C)ccn1. The van der Waals surface area contributed by atoms with Crippen LogP contribution in [0.5, 0.6) is 0 Å². The predicted molar refractivity (Wildman–Crippen MR) is 71.4 cm³/mol. The number of aryl methyl sites for hydroxylation is 1. The molecule has 1 unspecified atom stereocenters. The maximum atomic E-state index is 4.23. The van der Waals surface area contributed by atoms with E-state index in [0.29, 0.717) is 0 Å². The summed E-state index contributed by atoms with van der Waals surface area (Å²) in [4.78, 5) is 4.23. The van der Waals surface area contributed by atoms with Crippen LogP contribution in [-0.2, 0) is 7.05 Å². The van der Waals surface area contributed by atoms with Crippen LogP contribution >= 0.6 is 0 Å². The van der Waals surface area contributed by atoms with E-state index in [1.165, 1.54) is 0 Å². The van der Waals surface area contributed by atoms with Crippen molar-refractivity contribution in [2.24, 2.45) is 7.05 Å². The standard InChI is InChI=1S/C12H18N6/c1-4-13-11-7-10(5-6-14-11)16-9(2)12-17-15-8-18(12)3/h5-9H,4H2,1-3H3,(H2,13,14,16). The zero-order valence-corrected chi connectivity index (χ0v) is 10.9. The minimum absolute atomic E-state index is 0.0920. The van der Waals surface area contributed by atoms with Crippen LogP contribution in [0.15, 0.2) is 24.7 Å². The second-order valence-corrected chi connectivity index (χ2v) is 4.13. The van der Waals surface area contributed by atoms with Gasteiger partial charge in [0.2, 0.25) is 0 Å². The maximum Gasteiger partial charge on any atom is 0.154 e. The first kappa shape index (κ1) is 12.3. The molecule has 0 aromatic carbocycles. The molecule has 6 heteroatoms. The Morgan fingerprint density at radius 1 is 1.44 bits per heavy atom. The zero-order chi connectivity index (χ0) is 13.0. The van der Waals surface area contributed by atoms with Crippen molar-refractivity contribution in [3.05, 3.63) is 30.5 Å². The average Bonchev–Trinajstić information content (AvgIpc) is 2.76. The number of anilines is 2. The van der Waals surface area contributed by atoms with Crippen LogP contribution in [0.2, 0.25) is 0 Å². The number of nitrogens with zero attached hydrogens (tertiary/aromatic N) is 4. The Kier molecular flexibility index (Phi) is 3.76. The van der Waals surface area contributed by atoms with Gasteiger partial charge in [-0.15, -0.1) is 10.2 Å². The fourth-order valence-corrected chi connectivity index (χ4v) is 1.80. The third-order valence-corrected chi connectivity index (χ3v) is 2.63. The number of pyridine rings is 1. The van der Waals surface area contributed by atoms with Gasteiger partial charge in [-0.3, -0.25) is 0 Å². The smallest absolute Gasteiger partial charge is 0.154 e. The summed E-state index contributed by atoms with van der Waals surface area (Å²) in [6, 6.07) is 4.01. The molecule has 0 aliphatic carbocycles. The summed E-state index contributed by atoms with van der Waals surface area (Å²) in [6.45, 7) is 4.95. The molecule has 0 amide bonds. The number of aromatic nitrogens is 4. The first-order valence-electron chi connectivity index (χ1n) is 6.01. The molecule has 0 saturated carbocycles. The highest BCUT2D eigenvalue weighted by Crippen LogP contribution is 2.18. The predicted octanol–water partition coefficient (Wildman–Crippen LogP) is 1.81. The summed E-state index contributed by atoms with van der Waals surface area (Å²) in [5.74, 6) is 1.77. The van der Waals surface area contributed by atoms with E-state index in [0.717, 1.165) is 23.9 Å². The molecule has 0 fully saturated rings. The second kappa shape index (κ2) is 5.48. The van der Waals surface area contributed by atoms with E-state index in [2.05, 4.69) is 32.7 Å². The quantitative estimate of drug-likeness (QED) is 0.842. The van der Waals surface area contributed by atoms with Crippen LogP contribution < -0.4 is 10.6 Å². The zero-order valence-electron chi connectivity index (χ0n) is 10.9. The van der Waals surface area contributed by atoms with E-state index in [9.17, 15) is 0 Å². The Morgan fingerprint density at radius 2 is 2.28 bits per heavy atom. The van der Waals surface area contributed by atoms with Crippen molar-refractivity contribution in [2.75, 3.05) is 17.2 Å². The van der Waals surface area contributed by atoms with Crippen molar-refractivity contribution in [2.45, 2.75) is 19.9 Å². The Labute approximate surface area is 106 Å². The molecule has 2 aromatic rings. The summed E-state index contributed by atoms with van der Waals surface area (Å²) in [6.07, 6.45) is 3.48. The molecule has 18 heavy (non-hydrogen) atoms. The molecule has 2 aromatic heterocycles. The van der Waals surface area contributed by atoms with Crippen LogP contribution in [0.3, 0.4) is 0 Å². The fourth-order valence-electron chi connectivity index (χ4n) is 1.80. The van der Waals surface area contributed by atoms with Gasteiger partial charge in [0.05, 0.1) is 6.04 Å². The first-order valence-corrected chi connectivity index (χ1v) is 6.01. The van der Waals surface area contributed by atoms with Gasteiger partial charge < -0.3 is 15.2 Å². The molecule has 0 radical (unpaired) electrons. The van der Waals surface area contributed by atoms with Crippen molar-refractivity contribution in [1.82, 2.24) is 19.7 Å². The summed E-state index contributed by atoms with van der Waals surface area (Å²) >= 11 is 0. The van der Waals surface area contributed by atoms with Gasteiger partial charge in [0, 0.05) is 31.5 Å². The van der Waals surface area contributed by atoms with Crippen LogP contribution in [0, 0.1) is 0 Å².